The quantitative estimate of drug-likeness (QED) is 0.399. The van der Waals surface area contributed by atoms with Gasteiger partial charge in [-0.1, -0.05) is 47.5 Å². The van der Waals surface area contributed by atoms with Crippen molar-refractivity contribution >= 4 is 40.0 Å². The fourth-order valence-electron chi connectivity index (χ4n) is 4.39. The van der Waals surface area contributed by atoms with Gasteiger partial charge < -0.3 is 14.6 Å². The molecule has 0 saturated carbocycles. The number of nitrogens with one attached hydrogen (secondary N) is 1. The van der Waals surface area contributed by atoms with Gasteiger partial charge in [-0.25, -0.2) is 0 Å². The average Bonchev–Trinajstić information content (AvgIpc) is 3.18. The van der Waals surface area contributed by atoms with Gasteiger partial charge in [0.05, 0.1) is 23.2 Å². The second-order valence-corrected chi connectivity index (χ2v) is 8.43. The molecular formula is C25H20Cl2N2O2. The molecule has 0 saturated heterocycles. The molecule has 31 heavy (non-hydrogen) atoms. The van der Waals surface area contributed by atoms with Crippen LogP contribution in [0.15, 0.2) is 66.7 Å². The number of fused-ring (bicyclic) bond motifs is 3. The molecule has 3 aromatic carbocycles. The molecule has 5 rings (SSSR count). The molecule has 4 aromatic rings. The van der Waals surface area contributed by atoms with E-state index in [0.29, 0.717) is 27.9 Å². The number of aromatic amines is 1. The number of methoxy groups -OCH3 is 1. The predicted octanol–water partition coefficient (Wildman–Crippen LogP) is 6.27. The van der Waals surface area contributed by atoms with Crippen LogP contribution in [0.5, 0.6) is 5.75 Å². The first-order valence-electron chi connectivity index (χ1n) is 10.1. The number of para-hydroxylation sites is 1. The van der Waals surface area contributed by atoms with Gasteiger partial charge in [-0.3, -0.25) is 4.79 Å². The zero-order valence-electron chi connectivity index (χ0n) is 16.9. The Labute approximate surface area is 190 Å². The minimum Gasteiger partial charge on any atom is -0.497 e. The largest absolute Gasteiger partial charge is 0.497 e. The topological polar surface area (TPSA) is 45.3 Å². The first-order valence-corrected chi connectivity index (χ1v) is 10.8. The molecule has 0 fully saturated rings. The maximum Gasteiger partial charge on any atom is 0.254 e. The van der Waals surface area contributed by atoms with Crippen LogP contribution in [0.25, 0.3) is 10.9 Å². The molecule has 1 aromatic heterocycles. The van der Waals surface area contributed by atoms with Crippen molar-refractivity contribution < 1.29 is 9.53 Å². The molecule has 1 aliphatic rings. The van der Waals surface area contributed by atoms with Crippen molar-refractivity contribution in [3.63, 3.8) is 0 Å². The molecule has 1 N–H and O–H groups in total. The number of hydrogen-bond acceptors (Lipinski definition) is 2. The molecule has 156 valence electrons. The summed E-state index contributed by atoms with van der Waals surface area (Å²) >= 11 is 12.5. The molecule has 1 amide bonds. The number of halogens is 2. The Hall–Kier alpha value is -2.95. The number of H-pyrrole nitrogens is 1. The molecule has 0 spiro atoms. The number of ether oxygens (including phenoxy) is 1. The number of amides is 1. The lowest BCUT2D eigenvalue weighted by Gasteiger charge is -2.36. The highest BCUT2D eigenvalue weighted by Crippen LogP contribution is 2.40. The lowest BCUT2D eigenvalue weighted by molar-refractivity contribution is 0.0692. The van der Waals surface area contributed by atoms with Crippen LogP contribution in [0, 0.1) is 0 Å². The van der Waals surface area contributed by atoms with E-state index in [1.54, 1.807) is 37.4 Å². The van der Waals surface area contributed by atoms with Crippen LogP contribution >= 0.6 is 23.2 Å². The molecule has 0 radical (unpaired) electrons. The fraction of sp³-hybridized carbons (Fsp3) is 0.160. The van der Waals surface area contributed by atoms with Gasteiger partial charge in [0.15, 0.2) is 0 Å². The third kappa shape index (κ3) is 3.46. The highest BCUT2D eigenvalue weighted by molar-refractivity contribution is 6.42. The van der Waals surface area contributed by atoms with Gasteiger partial charge in [-0.15, -0.1) is 0 Å². The minimum absolute atomic E-state index is 0.0389. The first kappa shape index (κ1) is 20.0. The second kappa shape index (κ2) is 7.95. The van der Waals surface area contributed by atoms with Gasteiger partial charge in [0.25, 0.3) is 5.91 Å². The van der Waals surface area contributed by atoms with E-state index in [4.69, 9.17) is 27.9 Å². The summed E-state index contributed by atoms with van der Waals surface area (Å²) in [5.74, 6) is 0.678. The lowest BCUT2D eigenvalue weighted by atomic mass is 9.91. The number of aromatic nitrogens is 1. The number of carbonyl (C=O) groups excluding carboxylic acids is 1. The number of carbonyl (C=O) groups is 1. The highest BCUT2D eigenvalue weighted by atomic mass is 35.5. The van der Waals surface area contributed by atoms with Crippen LogP contribution in [0.3, 0.4) is 0 Å². The summed E-state index contributed by atoms with van der Waals surface area (Å²) in [5, 5.41) is 2.16. The van der Waals surface area contributed by atoms with Gasteiger partial charge in [0, 0.05) is 28.7 Å². The van der Waals surface area contributed by atoms with Gasteiger partial charge in [0.2, 0.25) is 0 Å². The smallest absolute Gasteiger partial charge is 0.254 e. The Morgan fingerprint density at radius 2 is 1.81 bits per heavy atom. The third-order valence-corrected chi connectivity index (χ3v) is 6.63. The van der Waals surface area contributed by atoms with E-state index in [9.17, 15) is 4.79 Å². The summed E-state index contributed by atoms with van der Waals surface area (Å²) in [6.45, 7) is 0.602. The molecule has 1 aliphatic heterocycles. The summed E-state index contributed by atoms with van der Waals surface area (Å²) in [7, 11) is 1.61. The van der Waals surface area contributed by atoms with Gasteiger partial charge in [0.1, 0.15) is 5.75 Å². The van der Waals surface area contributed by atoms with Crippen LogP contribution in [0.1, 0.15) is 33.2 Å². The lowest BCUT2D eigenvalue weighted by Crippen LogP contribution is -2.40. The van der Waals surface area contributed by atoms with Gasteiger partial charge in [-0.05, 0) is 60.0 Å². The molecule has 1 unspecified atom stereocenters. The van der Waals surface area contributed by atoms with Crippen LogP contribution in [-0.4, -0.2) is 29.4 Å². The van der Waals surface area contributed by atoms with Crippen molar-refractivity contribution in [3.05, 3.63) is 99.2 Å². The zero-order valence-corrected chi connectivity index (χ0v) is 18.4. The van der Waals surface area contributed by atoms with Crippen molar-refractivity contribution in [2.75, 3.05) is 13.7 Å². The SMILES string of the molecule is COc1ccc(C(=O)N2CCc3c([nH]c4ccccc34)C2c2ccc(Cl)c(Cl)c2)cc1. The average molecular weight is 451 g/mol. The van der Waals surface area contributed by atoms with E-state index in [1.807, 2.05) is 29.2 Å². The van der Waals surface area contributed by atoms with Crippen molar-refractivity contribution in [1.82, 2.24) is 9.88 Å². The molecule has 4 nitrogen and oxygen atoms in total. The number of rotatable bonds is 3. The molecule has 2 heterocycles. The normalized spacial score (nSPS) is 15.7. The molecule has 0 bridgehead atoms. The maximum atomic E-state index is 13.6. The van der Waals surface area contributed by atoms with Crippen LogP contribution in [0.2, 0.25) is 10.0 Å². The van der Waals surface area contributed by atoms with Crippen LogP contribution in [0.4, 0.5) is 0 Å². The molecule has 6 heteroatoms. The fourth-order valence-corrected chi connectivity index (χ4v) is 4.69. The second-order valence-electron chi connectivity index (χ2n) is 7.62. The zero-order chi connectivity index (χ0) is 21.5. The van der Waals surface area contributed by atoms with Crippen molar-refractivity contribution in [2.45, 2.75) is 12.5 Å². The highest BCUT2D eigenvalue weighted by Gasteiger charge is 2.35. The van der Waals surface area contributed by atoms with E-state index >= 15 is 0 Å². The Morgan fingerprint density at radius 1 is 1.03 bits per heavy atom. The van der Waals surface area contributed by atoms with Crippen molar-refractivity contribution in [2.24, 2.45) is 0 Å². The number of hydrogen-bond donors (Lipinski definition) is 1. The van der Waals surface area contributed by atoms with E-state index < -0.39 is 0 Å². The third-order valence-electron chi connectivity index (χ3n) is 5.89. The van der Waals surface area contributed by atoms with Gasteiger partial charge in [-0.2, -0.15) is 0 Å². The number of nitrogens with zero attached hydrogens (tertiary/aromatic N) is 1. The van der Waals surface area contributed by atoms with E-state index in [-0.39, 0.29) is 11.9 Å². The summed E-state index contributed by atoms with van der Waals surface area (Å²) in [5.41, 5.74) is 4.86. The first-order chi connectivity index (χ1) is 15.1. The summed E-state index contributed by atoms with van der Waals surface area (Å²) in [6, 6.07) is 20.7. The summed E-state index contributed by atoms with van der Waals surface area (Å²) in [6.07, 6.45) is 0.777. The maximum absolute atomic E-state index is 13.6. The van der Waals surface area contributed by atoms with Crippen molar-refractivity contribution in [1.29, 1.82) is 0 Å². The Morgan fingerprint density at radius 3 is 2.55 bits per heavy atom. The van der Waals surface area contributed by atoms with E-state index in [0.717, 1.165) is 23.2 Å². The Kier molecular flexibility index (Phi) is 5.12. The van der Waals surface area contributed by atoms with E-state index in [1.165, 1.54) is 10.9 Å². The van der Waals surface area contributed by atoms with Crippen molar-refractivity contribution in [3.8, 4) is 5.75 Å². The van der Waals surface area contributed by atoms with Gasteiger partial charge >= 0.3 is 0 Å². The summed E-state index contributed by atoms with van der Waals surface area (Å²) < 4.78 is 5.23. The summed E-state index contributed by atoms with van der Waals surface area (Å²) in [4.78, 5) is 19.0. The molecular weight excluding hydrogens is 431 g/mol. The molecule has 1 atom stereocenters. The monoisotopic (exact) mass is 450 g/mol. The standard InChI is InChI=1S/C25H20Cl2N2O2/c1-31-17-9-6-15(7-10-17)25(30)29-13-12-19-18-4-2-3-5-22(18)28-23(19)24(29)16-8-11-20(26)21(27)14-16/h2-11,14,24,28H,12-13H2,1H3. The number of benzene rings is 3. The Balaban J connectivity index is 1.64. The molecule has 0 aliphatic carbocycles. The van der Waals surface area contributed by atoms with Crippen LogP contribution < -0.4 is 4.74 Å². The Bertz CT molecular complexity index is 1280. The minimum atomic E-state index is -0.291. The predicted molar refractivity (Wildman–Crippen MR) is 124 cm³/mol. The van der Waals surface area contributed by atoms with E-state index in [2.05, 4.69) is 17.1 Å². The van der Waals surface area contributed by atoms with Crippen LogP contribution in [-0.2, 0) is 6.42 Å².